The highest BCUT2D eigenvalue weighted by molar-refractivity contribution is 14.1. The van der Waals surface area contributed by atoms with Gasteiger partial charge >= 0.3 is 31.2 Å². The maximum absolute atomic E-state index is 13.0. The van der Waals surface area contributed by atoms with Crippen molar-refractivity contribution in [2.75, 3.05) is 66.5 Å². The van der Waals surface area contributed by atoms with E-state index in [1.807, 2.05) is 139 Å². The predicted octanol–water partition coefficient (Wildman–Crippen LogP) is 9.63. The first-order valence-electron chi connectivity index (χ1n) is 33.5. The summed E-state index contributed by atoms with van der Waals surface area (Å²) in [5.74, 6) is -1.35. The molecule has 10 atom stereocenters. The van der Waals surface area contributed by atoms with Gasteiger partial charge in [-0.25, -0.2) is 35.9 Å². The van der Waals surface area contributed by atoms with Crippen LogP contribution in [0.25, 0.3) is 6.08 Å². The third-order valence-electron chi connectivity index (χ3n) is 17.7. The van der Waals surface area contributed by atoms with Crippen LogP contribution in [0.3, 0.4) is 0 Å². The van der Waals surface area contributed by atoms with Gasteiger partial charge in [0.1, 0.15) is 24.4 Å². The summed E-state index contributed by atoms with van der Waals surface area (Å²) in [5.41, 5.74) is 0.871. The summed E-state index contributed by atoms with van der Waals surface area (Å²) in [7, 11) is -3.84. The van der Waals surface area contributed by atoms with Crippen LogP contribution >= 0.6 is 22.6 Å². The minimum Gasteiger partial charge on any atom is -0.457 e. The molecule has 538 valence electrons. The maximum Gasteiger partial charge on any atom is 0.494 e. The van der Waals surface area contributed by atoms with Crippen LogP contribution in [0.5, 0.6) is 0 Å². The van der Waals surface area contributed by atoms with Crippen molar-refractivity contribution in [3.63, 3.8) is 0 Å². The first-order chi connectivity index (χ1) is 44.5. The number of hydrogen-bond donors (Lipinski definition) is 4. The quantitative estimate of drug-likeness (QED) is 0.0567. The van der Waals surface area contributed by atoms with E-state index in [0.717, 1.165) is 31.8 Å². The van der Waals surface area contributed by atoms with Gasteiger partial charge in [-0.3, -0.25) is 9.59 Å². The van der Waals surface area contributed by atoms with E-state index in [-0.39, 0.29) is 58.5 Å². The van der Waals surface area contributed by atoms with Crippen LogP contribution in [0.1, 0.15) is 155 Å². The van der Waals surface area contributed by atoms with Gasteiger partial charge in [0.2, 0.25) is 20.0 Å². The molecular weight excluding hydrogens is 1380 g/mol. The lowest BCUT2D eigenvalue weighted by molar-refractivity contribution is -0.152. The molecule has 2 amide bonds. The number of esters is 2. The average molecular weight is 1490 g/mol. The standard InChI is InChI=1S/C32H49N3O7S.C22H35IN2O5.C16H26BNO4S/c1-22-11-13-26(36)21-29(37)42-30(23(2)12-14-28(22)41-31(38)35-17-15-34(7)16-18-35)24(3)19-25-9-8-10-27(20-25)43(39,40)33-32(4,5)6;1-15-5-7-18(26)13-20(27)30-21(17(3)14-23)16(2)6-8-19(15)29-22(28)25-11-9-24(4)10-12-25;1-14(2,3)18-23(19,20)13-10-8-9-12(11-13)17-21-15(4,5)16(6,7)22-17/h8-10,12,14,19-20,22-23,26,28,30,33,36H,11,13,15-18,21H2,1-7H3;6,8,14-16,18-19,21,26H,5,7,9-13H2,1-4H3;8-11,18H,1-7H3/b14-12+,24-19+;8-6+,17-14+;/t22-,23-,26+,28-,30-;15-,16-,18+,19-,21-;/m00./s1. The Kier molecular flexibility index (Phi) is 30.3. The van der Waals surface area contributed by atoms with Crippen molar-refractivity contribution in [1.82, 2.24) is 29.0 Å². The number of cyclic esters (lactones) is 2. The summed E-state index contributed by atoms with van der Waals surface area (Å²) < 4.78 is 93.3. The molecule has 3 saturated heterocycles. The fourth-order valence-electron chi connectivity index (χ4n) is 11.2. The Morgan fingerprint density at radius 1 is 0.604 bits per heavy atom. The molecule has 0 bridgehead atoms. The molecule has 0 radical (unpaired) electrons. The van der Waals surface area contributed by atoms with Crippen LogP contribution in [-0.2, 0) is 57.9 Å². The number of halogens is 1. The van der Waals surface area contributed by atoms with Crippen molar-refractivity contribution >= 4 is 85.4 Å². The molecule has 5 aliphatic heterocycles. The molecule has 5 heterocycles. The summed E-state index contributed by atoms with van der Waals surface area (Å²) >= 11 is 2.13. The molecule has 0 aliphatic carbocycles. The van der Waals surface area contributed by atoms with Crippen LogP contribution in [0, 0.1) is 23.7 Å². The van der Waals surface area contributed by atoms with Gasteiger partial charge in [0.25, 0.3) is 0 Å². The smallest absolute Gasteiger partial charge is 0.457 e. The summed E-state index contributed by atoms with van der Waals surface area (Å²) in [6.45, 7) is 36.0. The molecule has 0 unspecified atom stereocenters. The molecule has 96 heavy (non-hydrogen) atoms. The van der Waals surface area contributed by atoms with E-state index >= 15 is 0 Å². The lowest BCUT2D eigenvalue weighted by atomic mass is 9.79. The normalized spacial score (nSPS) is 28.0. The number of aliphatic hydroxyl groups is 2. The second kappa shape index (κ2) is 35.5. The number of nitrogens with one attached hydrogen (secondary N) is 2. The zero-order valence-electron chi connectivity index (χ0n) is 59.9. The first kappa shape index (κ1) is 81.9. The number of rotatable bonds is 10. The number of aliphatic hydroxyl groups excluding tert-OH is 2. The topological polar surface area (TPSA) is 269 Å². The fraction of sp³-hybridized carbons (Fsp3) is 0.657. The lowest BCUT2D eigenvalue weighted by Gasteiger charge is -2.33. The van der Waals surface area contributed by atoms with Crippen molar-refractivity contribution in [1.29, 1.82) is 0 Å². The van der Waals surface area contributed by atoms with Gasteiger partial charge in [0, 0.05) is 75.3 Å². The SMILES string of the molecule is C/C(=C\I)[C@H]1OC(=O)C[C@H](O)CC[C@H](C)[C@@H](OC(=O)N2CCN(C)CC2)/C=C/[C@@H]1C.C/C(=C\c1cccc(S(=O)(=O)NC(C)(C)C)c1)[C@H]1OC(=O)C[C@H](O)CC[C@H](C)[C@@H](OC(=O)N2CCN(C)CC2)/C=C/[C@@H]1C.CC(C)(C)NS(=O)(=O)c1cccc(B2OC(C)(C)C(C)(C)O2)c1. The minimum absolute atomic E-state index is 0.0228. The number of carbonyl (C=O) groups is 4. The molecule has 7 rings (SSSR count). The Balaban J connectivity index is 0.000000275. The molecule has 2 aromatic carbocycles. The molecule has 3 fully saturated rings. The van der Waals surface area contributed by atoms with Crippen LogP contribution in [0.15, 0.2) is 97.9 Å². The molecule has 0 aromatic heterocycles. The second-order valence-corrected chi connectivity index (χ2v) is 33.6. The molecule has 22 nitrogen and oxygen atoms in total. The Morgan fingerprint density at radius 2 is 0.990 bits per heavy atom. The number of nitrogens with zero attached hydrogens (tertiary/aromatic N) is 4. The highest BCUT2D eigenvalue weighted by atomic mass is 127. The van der Waals surface area contributed by atoms with Gasteiger partial charge in [-0.1, -0.05) is 92.8 Å². The Morgan fingerprint density at radius 3 is 1.39 bits per heavy atom. The summed E-state index contributed by atoms with van der Waals surface area (Å²) in [6, 6.07) is 13.3. The number of ether oxygens (including phenoxy) is 4. The maximum atomic E-state index is 13.0. The van der Waals surface area contributed by atoms with Crippen LogP contribution < -0.4 is 14.9 Å². The van der Waals surface area contributed by atoms with Gasteiger partial charge in [0.05, 0.1) is 46.0 Å². The minimum atomic E-state index is -3.74. The second-order valence-electron chi connectivity index (χ2n) is 29.6. The third kappa shape index (κ3) is 25.8. The predicted molar refractivity (Wildman–Crippen MR) is 383 cm³/mol. The highest BCUT2D eigenvalue weighted by Crippen LogP contribution is 2.37. The van der Waals surface area contributed by atoms with E-state index in [9.17, 15) is 46.2 Å². The molecule has 4 N–H and O–H groups in total. The molecule has 26 heteroatoms. The van der Waals surface area contributed by atoms with E-state index in [0.29, 0.717) is 68.5 Å². The van der Waals surface area contributed by atoms with Crippen molar-refractivity contribution in [2.45, 2.75) is 218 Å². The third-order valence-corrected chi connectivity index (χ3v) is 22.2. The van der Waals surface area contributed by atoms with Gasteiger partial charge < -0.3 is 58.1 Å². The zero-order valence-corrected chi connectivity index (χ0v) is 63.7. The summed E-state index contributed by atoms with van der Waals surface area (Å²) in [4.78, 5) is 59.0. The van der Waals surface area contributed by atoms with Gasteiger partial charge in [0.15, 0.2) is 0 Å². The number of benzene rings is 2. The Labute approximate surface area is 587 Å². The Hall–Kier alpha value is -4.75. The van der Waals surface area contributed by atoms with E-state index in [4.69, 9.17) is 28.3 Å². The number of likely N-dealkylation sites (N-methyl/N-ethyl adjacent to an activating group) is 2. The Bertz CT molecular complexity index is 3260. The van der Waals surface area contributed by atoms with Crippen LogP contribution in [-0.4, -0.2) is 203 Å². The molecular formula is C70H110BIN6O16S2. The molecule has 0 saturated carbocycles. The van der Waals surface area contributed by atoms with Crippen LogP contribution in [0.2, 0.25) is 0 Å². The molecule has 0 spiro atoms. The molecule has 5 aliphatic rings. The van der Waals surface area contributed by atoms with Gasteiger partial charge in [-0.2, -0.15) is 0 Å². The lowest BCUT2D eigenvalue weighted by Crippen LogP contribution is -2.48. The fourth-order valence-corrected chi connectivity index (χ4v) is 14.5. The number of carbonyl (C=O) groups excluding carboxylic acids is 4. The van der Waals surface area contributed by atoms with Crippen LogP contribution in [0.4, 0.5) is 9.59 Å². The van der Waals surface area contributed by atoms with Gasteiger partial charge in [-0.05, 0) is 197 Å². The number of sulfonamides is 2. The van der Waals surface area contributed by atoms with E-state index < -0.39 is 98.0 Å². The van der Waals surface area contributed by atoms with E-state index in [1.54, 1.807) is 73.0 Å². The number of piperazine rings is 2. The van der Waals surface area contributed by atoms with E-state index in [2.05, 4.69) is 41.8 Å². The molecule has 2 aromatic rings. The van der Waals surface area contributed by atoms with Crippen molar-refractivity contribution in [3.05, 3.63) is 93.6 Å². The van der Waals surface area contributed by atoms with Crippen molar-refractivity contribution in [2.24, 2.45) is 23.7 Å². The van der Waals surface area contributed by atoms with E-state index in [1.165, 1.54) is 6.07 Å². The largest absolute Gasteiger partial charge is 0.494 e. The number of amides is 2. The van der Waals surface area contributed by atoms with Crippen molar-refractivity contribution in [3.8, 4) is 0 Å². The first-order valence-corrected chi connectivity index (χ1v) is 37.7. The van der Waals surface area contributed by atoms with Gasteiger partial charge in [-0.15, -0.1) is 0 Å². The zero-order chi connectivity index (χ0) is 71.9. The summed E-state index contributed by atoms with van der Waals surface area (Å²) in [5, 5.41) is 20.8. The number of hydrogen-bond acceptors (Lipinski definition) is 18. The monoisotopic (exact) mass is 1490 g/mol. The average Bonchev–Trinajstić information content (AvgIpc) is 1.61. The summed E-state index contributed by atoms with van der Waals surface area (Å²) in [6.07, 6.45) is 6.98. The van der Waals surface area contributed by atoms with Crippen molar-refractivity contribution < 1.29 is 74.5 Å². The highest BCUT2D eigenvalue weighted by Gasteiger charge is 2.52.